The number of hydrogen-bond acceptors (Lipinski definition) is 4. The number of carbonyl (C=O) groups is 1. The third-order valence-electron chi connectivity index (χ3n) is 3.45. The minimum atomic E-state index is -0.336. The topological polar surface area (TPSA) is 96.6 Å². The van der Waals surface area contributed by atoms with Crippen LogP contribution in [0.25, 0.3) is 0 Å². The van der Waals surface area contributed by atoms with E-state index in [1.54, 1.807) is 34.1 Å². The zero-order valence-corrected chi connectivity index (χ0v) is 13.9. The molecule has 1 saturated heterocycles. The molecule has 2 heterocycles. The predicted octanol–water partition coefficient (Wildman–Crippen LogP) is 2.76. The van der Waals surface area contributed by atoms with Gasteiger partial charge in [-0.2, -0.15) is 5.26 Å². The van der Waals surface area contributed by atoms with Crippen molar-refractivity contribution in [3.05, 3.63) is 16.8 Å². The molecule has 1 fully saturated rings. The monoisotopic (exact) mass is 421 g/mol. The number of nitriles is 1. The first kappa shape index (κ1) is 15.9. The van der Waals surface area contributed by atoms with Crippen molar-refractivity contribution < 1.29 is 7.86 Å². The van der Waals surface area contributed by atoms with Gasteiger partial charge in [-0.3, -0.25) is 0 Å². The summed E-state index contributed by atoms with van der Waals surface area (Å²) in [5.41, 5.74) is 5.66. The average molecular weight is 422 g/mol. The third-order valence-corrected chi connectivity index (χ3v) is 4.11. The van der Waals surface area contributed by atoms with Crippen LogP contribution < -0.4 is 5.73 Å². The van der Waals surface area contributed by atoms with Gasteiger partial charge in [0.1, 0.15) is 11.6 Å². The normalized spacial score (nSPS) is 16.1. The van der Waals surface area contributed by atoms with Crippen molar-refractivity contribution in [2.24, 2.45) is 10.7 Å². The smallest absolute Gasteiger partial charge is 0.390 e. The summed E-state index contributed by atoms with van der Waals surface area (Å²) < 4.78 is 6.54. The average Bonchev–Trinajstić information content (AvgIpc) is 2.83. The van der Waals surface area contributed by atoms with Crippen LogP contribution in [0.15, 0.2) is 11.2 Å². The Hall–Kier alpha value is -1.47. The van der Waals surface area contributed by atoms with Gasteiger partial charge in [-0.1, -0.05) is 11.6 Å². The molecule has 0 bridgehead atoms. The van der Waals surface area contributed by atoms with Gasteiger partial charge in [-0.25, -0.2) is 9.79 Å². The molecule has 0 aliphatic carbocycles. The fourth-order valence-corrected chi connectivity index (χ4v) is 2.95. The van der Waals surface area contributed by atoms with E-state index < -0.39 is 0 Å². The predicted molar refractivity (Wildman–Crippen MR) is 86.8 cm³/mol. The summed E-state index contributed by atoms with van der Waals surface area (Å²) in [5, 5.41) is 9.51. The molecule has 1 amide bonds. The van der Waals surface area contributed by atoms with Gasteiger partial charge in [0.05, 0.1) is 11.4 Å². The van der Waals surface area contributed by atoms with Gasteiger partial charge in [-0.15, -0.1) is 0 Å². The molecule has 7 nitrogen and oxygen atoms in total. The van der Waals surface area contributed by atoms with Crippen molar-refractivity contribution in [1.82, 2.24) is 9.47 Å². The maximum absolute atomic E-state index is 11.5. The Balaban J connectivity index is 2.21. The number of aromatic nitrogens is 1. The number of amides is 1. The zero-order valence-electron chi connectivity index (χ0n) is 11.0. The van der Waals surface area contributed by atoms with Crippen LogP contribution in [-0.4, -0.2) is 35.0 Å². The number of halogens is 2. The largest absolute Gasteiger partial charge is 0.419 e. The molecule has 0 aromatic carbocycles. The van der Waals surface area contributed by atoms with Crippen LogP contribution in [0.2, 0.25) is 5.02 Å². The van der Waals surface area contributed by atoms with Gasteiger partial charge in [0.25, 0.3) is 0 Å². The van der Waals surface area contributed by atoms with Crippen molar-refractivity contribution in [2.75, 3.05) is 13.1 Å². The molecule has 1 aromatic heterocycles. The van der Waals surface area contributed by atoms with E-state index in [0.29, 0.717) is 29.5 Å². The van der Waals surface area contributed by atoms with E-state index in [4.69, 9.17) is 22.6 Å². The molecule has 9 heteroatoms. The van der Waals surface area contributed by atoms with Crippen LogP contribution in [0, 0.1) is 11.3 Å². The lowest BCUT2D eigenvalue weighted by Gasteiger charge is -2.31. The van der Waals surface area contributed by atoms with Crippen LogP contribution >= 0.6 is 34.6 Å². The van der Waals surface area contributed by atoms with Crippen molar-refractivity contribution in [2.45, 2.75) is 18.9 Å². The first-order chi connectivity index (χ1) is 10.1. The molecule has 0 radical (unpaired) electrons. The van der Waals surface area contributed by atoms with E-state index in [-0.39, 0.29) is 12.1 Å². The van der Waals surface area contributed by atoms with E-state index in [1.165, 1.54) is 0 Å². The molecule has 21 heavy (non-hydrogen) atoms. The lowest BCUT2D eigenvalue weighted by molar-refractivity contribution is 0.145. The second kappa shape index (κ2) is 7.00. The molecule has 0 saturated carbocycles. The maximum Gasteiger partial charge on any atom is 0.419 e. The molecule has 2 rings (SSSR count). The van der Waals surface area contributed by atoms with Crippen molar-refractivity contribution in [3.8, 4) is 6.07 Å². The molecular formula is C12H13ClIN5O2. The lowest BCUT2D eigenvalue weighted by Crippen LogP contribution is -2.38. The first-order valence-electron chi connectivity index (χ1n) is 6.24. The third kappa shape index (κ3) is 3.24. The highest BCUT2D eigenvalue weighted by molar-refractivity contribution is 14.1. The molecule has 2 N–H and O–H groups in total. The highest BCUT2D eigenvalue weighted by Gasteiger charge is 2.27. The molecular weight excluding hydrogens is 409 g/mol. The van der Waals surface area contributed by atoms with Crippen molar-refractivity contribution in [3.63, 3.8) is 0 Å². The number of nitrogens with two attached hydrogens (primary N) is 1. The number of rotatable bonds is 2. The Kier molecular flexibility index (Phi) is 5.30. The number of piperidine rings is 1. The van der Waals surface area contributed by atoms with E-state index in [2.05, 4.69) is 8.06 Å². The van der Waals surface area contributed by atoms with Gasteiger partial charge in [0, 0.05) is 25.3 Å². The number of aliphatic imine (C=N–C) groups is 1. The Morgan fingerprint density at radius 2 is 2.29 bits per heavy atom. The summed E-state index contributed by atoms with van der Waals surface area (Å²) in [6.07, 6.45) is 3.96. The summed E-state index contributed by atoms with van der Waals surface area (Å²) in [4.78, 5) is 17.2. The van der Waals surface area contributed by atoms with E-state index in [9.17, 15) is 4.79 Å². The standard InChI is InChI=1S/C12H13ClIN5O2/c13-10-6-19(11(17-7-16)9(10)5-15)8-1-3-18(4-2-8)12(20)21-14/h6-8H,1-4H2,(H2,16,17). The molecule has 1 aromatic rings. The molecule has 112 valence electrons. The SMILES string of the molecule is N#Cc1c(Cl)cn(C2CCN(C(=O)OI)CC2)c1/N=C/N. The van der Waals surface area contributed by atoms with Gasteiger partial charge >= 0.3 is 6.09 Å². The fourth-order valence-electron chi connectivity index (χ4n) is 2.44. The molecule has 0 spiro atoms. The van der Waals surface area contributed by atoms with Gasteiger partial charge in [0.2, 0.25) is 0 Å². The Morgan fingerprint density at radius 1 is 1.62 bits per heavy atom. The van der Waals surface area contributed by atoms with Crippen molar-refractivity contribution >= 4 is 52.9 Å². The number of hydrogen-bond donors (Lipinski definition) is 1. The fraction of sp³-hybridized carbons (Fsp3) is 0.417. The van der Waals surface area contributed by atoms with Crippen LogP contribution in [0.3, 0.4) is 0 Å². The maximum atomic E-state index is 11.5. The quantitative estimate of drug-likeness (QED) is 0.451. The van der Waals surface area contributed by atoms with Crippen LogP contribution in [-0.2, 0) is 3.07 Å². The highest BCUT2D eigenvalue weighted by Crippen LogP contribution is 2.35. The minimum absolute atomic E-state index is 0.113. The van der Waals surface area contributed by atoms with E-state index in [1.807, 2.05) is 10.6 Å². The van der Waals surface area contributed by atoms with Crippen LogP contribution in [0.5, 0.6) is 0 Å². The lowest BCUT2D eigenvalue weighted by atomic mass is 10.1. The summed E-state index contributed by atoms with van der Waals surface area (Å²) in [7, 11) is 0. The number of carbonyl (C=O) groups excluding carboxylic acids is 1. The molecule has 1 aliphatic rings. The summed E-state index contributed by atoms with van der Waals surface area (Å²) >= 11 is 7.64. The van der Waals surface area contributed by atoms with Gasteiger partial charge in [0.15, 0.2) is 28.8 Å². The Labute approximate surface area is 141 Å². The van der Waals surface area contributed by atoms with Gasteiger partial charge in [-0.05, 0) is 12.8 Å². The number of likely N-dealkylation sites (tertiary alicyclic amines) is 1. The second-order valence-electron chi connectivity index (χ2n) is 4.53. The summed E-state index contributed by atoms with van der Waals surface area (Å²) in [6, 6.07) is 2.15. The number of nitrogens with zero attached hydrogens (tertiary/aromatic N) is 4. The zero-order chi connectivity index (χ0) is 15.4. The van der Waals surface area contributed by atoms with Crippen LogP contribution in [0.4, 0.5) is 10.6 Å². The first-order valence-corrected chi connectivity index (χ1v) is 7.50. The summed E-state index contributed by atoms with van der Waals surface area (Å²) in [5.74, 6) is 0.458. The van der Waals surface area contributed by atoms with E-state index >= 15 is 0 Å². The minimum Gasteiger partial charge on any atom is -0.390 e. The van der Waals surface area contributed by atoms with Gasteiger partial charge < -0.3 is 18.3 Å². The van der Waals surface area contributed by atoms with E-state index in [0.717, 1.165) is 19.2 Å². The molecule has 0 unspecified atom stereocenters. The second-order valence-corrected chi connectivity index (χ2v) is 5.38. The Morgan fingerprint density at radius 3 is 2.81 bits per heavy atom. The van der Waals surface area contributed by atoms with Crippen LogP contribution in [0.1, 0.15) is 24.4 Å². The van der Waals surface area contributed by atoms with Crippen molar-refractivity contribution in [1.29, 1.82) is 5.26 Å². The Bertz CT molecular complexity index is 602. The molecule has 0 atom stereocenters. The highest BCUT2D eigenvalue weighted by atomic mass is 127. The molecule has 1 aliphatic heterocycles. The summed E-state index contributed by atoms with van der Waals surface area (Å²) in [6.45, 7) is 1.16.